The largest absolute Gasteiger partial charge is 0.379 e. The zero-order valence-electron chi connectivity index (χ0n) is 10.2. The molecular weight excluding hydrogens is 272 g/mol. The van der Waals surface area contributed by atoms with E-state index in [0.29, 0.717) is 31.3 Å². The number of nitrogens with one attached hydrogen (secondary N) is 1. The van der Waals surface area contributed by atoms with Gasteiger partial charge in [-0.25, -0.2) is 0 Å². The molecule has 0 spiro atoms. The Bertz CT molecular complexity index is 458. The zero-order valence-corrected chi connectivity index (χ0v) is 11.0. The van der Waals surface area contributed by atoms with Gasteiger partial charge in [-0.15, -0.1) is 0 Å². The van der Waals surface area contributed by atoms with Crippen molar-refractivity contribution in [2.24, 2.45) is 0 Å². The normalized spacial score (nSPS) is 16.2. The molecule has 1 aromatic heterocycles. The van der Waals surface area contributed by atoms with Crippen molar-refractivity contribution in [1.82, 2.24) is 14.6 Å². The van der Waals surface area contributed by atoms with Crippen LogP contribution in [-0.4, -0.2) is 59.5 Å². The Labute approximate surface area is 113 Å². The second kappa shape index (κ2) is 6.55. The highest BCUT2D eigenvalue weighted by molar-refractivity contribution is 7.09. The van der Waals surface area contributed by atoms with E-state index in [1.807, 2.05) is 0 Å². The third-order valence-electron chi connectivity index (χ3n) is 2.73. The number of ether oxygens (including phenoxy) is 1. The molecule has 0 bridgehead atoms. The molecule has 0 aromatic carbocycles. The Balaban J connectivity index is 1.75. The predicted molar refractivity (Wildman–Crippen MR) is 68.4 cm³/mol. The molecule has 1 aliphatic heterocycles. The smallest absolute Gasteiger partial charge is 0.343 e. The molecule has 2 rings (SSSR count). The lowest BCUT2D eigenvalue weighted by molar-refractivity contribution is -0.380. The standard InChI is InChI=1S/C10H14N4O4S/c15-10(8-7-9(14(16)17)19-12-8)11-1-2-13-3-5-18-6-4-13/h7H,1-6H2,(H,11,15). The fourth-order valence-electron chi connectivity index (χ4n) is 1.70. The van der Waals surface area contributed by atoms with Crippen LogP contribution in [0.2, 0.25) is 0 Å². The Kier molecular flexibility index (Phi) is 4.77. The third-order valence-corrected chi connectivity index (χ3v) is 3.47. The third kappa shape index (κ3) is 3.94. The van der Waals surface area contributed by atoms with Gasteiger partial charge in [0.1, 0.15) is 5.69 Å². The summed E-state index contributed by atoms with van der Waals surface area (Å²) >= 11 is 0.711. The average Bonchev–Trinajstić information content (AvgIpc) is 2.89. The van der Waals surface area contributed by atoms with Crippen LogP contribution in [0.3, 0.4) is 0 Å². The molecule has 8 nitrogen and oxygen atoms in total. The van der Waals surface area contributed by atoms with Crippen molar-refractivity contribution >= 4 is 22.4 Å². The highest BCUT2D eigenvalue weighted by Gasteiger charge is 2.17. The van der Waals surface area contributed by atoms with E-state index in [1.165, 1.54) is 6.07 Å². The zero-order chi connectivity index (χ0) is 13.7. The van der Waals surface area contributed by atoms with Crippen molar-refractivity contribution in [2.45, 2.75) is 0 Å². The summed E-state index contributed by atoms with van der Waals surface area (Å²) in [4.78, 5) is 23.8. The average molecular weight is 286 g/mol. The van der Waals surface area contributed by atoms with Crippen LogP contribution in [0.4, 0.5) is 5.00 Å². The first kappa shape index (κ1) is 13.8. The minimum Gasteiger partial charge on any atom is -0.379 e. The Morgan fingerprint density at radius 2 is 2.32 bits per heavy atom. The van der Waals surface area contributed by atoms with Gasteiger partial charge >= 0.3 is 5.00 Å². The summed E-state index contributed by atoms with van der Waals surface area (Å²) < 4.78 is 8.98. The van der Waals surface area contributed by atoms with Crippen LogP contribution < -0.4 is 5.32 Å². The number of amides is 1. The van der Waals surface area contributed by atoms with E-state index in [9.17, 15) is 14.9 Å². The van der Waals surface area contributed by atoms with Crippen LogP contribution in [0.15, 0.2) is 6.07 Å². The van der Waals surface area contributed by atoms with Gasteiger partial charge in [-0.1, -0.05) is 0 Å². The first-order valence-corrected chi connectivity index (χ1v) is 6.63. The molecule has 0 unspecified atom stereocenters. The number of morpholine rings is 1. The van der Waals surface area contributed by atoms with E-state index in [0.717, 1.165) is 19.6 Å². The monoisotopic (exact) mass is 286 g/mol. The molecule has 1 aliphatic rings. The molecule has 104 valence electrons. The second-order valence-electron chi connectivity index (χ2n) is 4.02. The van der Waals surface area contributed by atoms with E-state index in [1.54, 1.807) is 0 Å². The van der Waals surface area contributed by atoms with Gasteiger partial charge in [0.05, 0.1) is 24.2 Å². The Morgan fingerprint density at radius 3 is 2.95 bits per heavy atom. The van der Waals surface area contributed by atoms with Gasteiger partial charge in [-0.3, -0.25) is 19.8 Å². The van der Waals surface area contributed by atoms with Gasteiger partial charge in [0, 0.05) is 37.7 Å². The van der Waals surface area contributed by atoms with Gasteiger partial charge in [0.2, 0.25) is 0 Å². The highest BCUT2D eigenvalue weighted by atomic mass is 32.1. The van der Waals surface area contributed by atoms with Crippen molar-refractivity contribution in [3.05, 3.63) is 21.9 Å². The molecule has 0 radical (unpaired) electrons. The number of carbonyl (C=O) groups is 1. The summed E-state index contributed by atoms with van der Waals surface area (Å²) in [7, 11) is 0. The second-order valence-corrected chi connectivity index (χ2v) is 4.80. The van der Waals surface area contributed by atoms with Gasteiger partial charge in [0.25, 0.3) is 5.91 Å². The number of nitro groups is 1. The molecule has 2 heterocycles. The molecule has 0 aliphatic carbocycles. The maximum atomic E-state index is 11.7. The topological polar surface area (TPSA) is 97.6 Å². The van der Waals surface area contributed by atoms with Gasteiger partial charge < -0.3 is 10.1 Å². The summed E-state index contributed by atoms with van der Waals surface area (Å²) in [5, 5.41) is 13.1. The molecule has 1 saturated heterocycles. The molecule has 1 amide bonds. The molecule has 1 N–H and O–H groups in total. The van der Waals surface area contributed by atoms with Crippen molar-refractivity contribution in [3.63, 3.8) is 0 Å². The number of nitrogens with zero attached hydrogens (tertiary/aromatic N) is 3. The van der Waals surface area contributed by atoms with Crippen LogP contribution in [0.5, 0.6) is 0 Å². The number of hydrogen-bond acceptors (Lipinski definition) is 7. The van der Waals surface area contributed by atoms with Crippen molar-refractivity contribution in [3.8, 4) is 0 Å². The Morgan fingerprint density at radius 1 is 1.58 bits per heavy atom. The molecule has 9 heteroatoms. The van der Waals surface area contributed by atoms with Crippen molar-refractivity contribution in [2.75, 3.05) is 39.4 Å². The lowest BCUT2D eigenvalue weighted by Gasteiger charge is -2.26. The van der Waals surface area contributed by atoms with Gasteiger partial charge in [-0.2, -0.15) is 4.37 Å². The SMILES string of the molecule is O=C(NCCN1CCOCC1)c1cc([N+](=O)[O-])sn1. The summed E-state index contributed by atoms with van der Waals surface area (Å²) in [5.74, 6) is -0.377. The van der Waals surface area contributed by atoms with Gasteiger partial charge in [-0.05, 0) is 0 Å². The molecule has 1 fully saturated rings. The molecular formula is C10H14N4O4S. The summed E-state index contributed by atoms with van der Waals surface area (Å²) in [6.45, 7) is 4.38. The number of aromatic nitrogens is 1. The van der Waals surface area contributed by atoms with Crippen molar-refractivity contribution in [1.29, 1.82) is 0 Å². The molecule has 0 atom stereocenters. The summed E-state index contributed by atoms with van der Waals surface area (Å²) in [6.07, 6.45) is 0. The highest BCUT2D eigenvalue weighted by Crippen LogP contribution is 2.18. The minimum atomic E-state index is -0.553. The van der Waals surface area contributed by atoms with Crippen LogP contribution in [-0.2, 0) is 4.74 Å². The number of hydrogen-bond donors (Lipinski definition) is 1. The fraction of sp³-hybridized carbons (Fsp3) is 0.600. The van der Waals surface area contributed by atoms with Crippen LogP contribution in [0.1, 0.15) is 10.5 Å². The van der Waals surface area contributed by atoms with E-state index in [4.69, 9.17) is 4.74 Å². The predicted octanol–water partition coefficient (Wildman–Crippen LogP) is 0.113. The van der Waals surface area contributed by atoms with E-state index in [2.05, 4.69) is 14.6 Å². The summed E-state index contributed by atoms with van der Waals surface area (Å²) in [6, 6.07) is 1.19. The van der Waals surface area contributed by atoms with E-state index < -0.39 is 4.92 Å². The minimum absolute atomic E-state index is 0.0960. The first-order chi connectivity index (χ1) is 9.16. The lowest BCUT2D eigenvalue weighted by Crippen LogP contribution is -2.41. The molecule has 0 saturated carbocycles. The van der Waals surface area contributed by atoms with Crippen molar-refractivity contribution < 1.29 is 14.5 Å². The number of carbonyl (C=O) groups excluding carboxylic acids is 1. The quantitative estimate of drug-likeness (QED) is 0.609. The van der Waals surface area contributed by atoms with Crippen LogP contribution in [0, 0.1) is 10.1 Å². The Hall–Kier alpha value is -1.58. The van der Waals surface area contributed by atoms with Crippen LogP contribution >= 0.6 is 11.5 Å². The maximum Gasteiger partial charge on any atom is 0.343 e. The van der Waals surface area contributed by atoms with E-state index in [-0.39, 0.29) is 16.6 Å². The first-order valence-electron chi connectivity index (χ1n) is 5.86. The molecule has 1 aromatic rings. The molecule has 19 heavy (non-hydrogen) atoms. The maximum absolute atomic E-state index is 11.7. The van der Waals surface area contributed by atoms with E-state index >= 15 is 0 Å². The lowest BCUT2D eigenvalue weighted by atomic mass is 10.3. The van der Waals surface area contributed by atoms with Crippen LogP contribution in [0.25, 0.3) is 0 Å². The van der Waals surface area contributed by atoms with Gasteiger partial charge in [0.15, 0.2) is 0 Å². The number of rotatable bonds is 5. The fourth-order valence-corrected chi connectivity index (χ4v) is 2.26. The summed E-state index contributed by atoms with van der Waals surface area (Å²) in [5.41, 5.74) is 0.0960.